The van der Waals surface area contributed by atoms with E-state index in [0.717, 1.165) is 94.4 Å². The first-order valence-electron chi connectivity index (χ1n) is 29.8. The number of carbonyl (C=O) groups is 3. The Morgan fingerprint density at radius 1 is 0.582 bits per heavy atom. The van der Waals surface area contributed by atoms with E-state index in [1.807, 2.05) is 119 Å². The van der Waals surface area contributed by atoms with Crippen LogP contribution >= 0.6 is 96.9 Å². The molecule has 8 heterocycles. The molecule has 16 nitrogen and oxygen atoms in total. The third-order valence-corrected chi connectivity index (χ3v) is 19.1. The Hall–Kier alpha value is -6.68. The molecule has 0 saturated carbocycles. The standard InChI is InChI=1S/C24H21Cl2N3O2.C22H23BrCl2N4OS.C21H22Cl2N4O2/c1-14-9-12-21(31-14)23-15(2)22(24(30)27-16(3)17-7-5-4-6-8-17)28-29(23)20-11-10-18(25)13-19(20)26;1-3-15-20(22(30)27-29(2)11-5-4-6-12-29)26-28(17-8-7-14(24)13-16(17)25)21(15)18-9-10-19(23)31-18;1-13-6-9-18(29-13)20-14(2)19(21(28)25-26-10-4-3-5-11-26)24-27(20)17-8-7-15(22)12-16(17)23/h4-13,16H,1-3H3,(H,27,30);7-10,13H,3-6,11-12H2,1-2H3;6-9,12H,3-5,10-11H2,1-2H3,(H,25,28)/p+1/t16-;;/m0../s1. The molecule has 2 aliphatic rings. The maximum atomic E-state index is 13.4. The molecule has 3 N–H and O–H groups in total. The van der Waals surface area contributed by atoms with E-state index < -0.39 is 0 Å². The molecule has 12 rings (SSSR count). The lowest BCUT2D eigenvalue weighted by Crippen LogP contribution is -2.59. The Morgan fingerprint density at radius 2 is 1.05 bits per heavy atom. The Kier molecular flexibility index (Phi) is 21.8. The van der Waals surface area contributed by atoms with Crippen LogP contribution in [0.4, 0.5) is 0 Å². The maximum Gasteiger partial charge on any atom is 0.316 e. The van der Waals surface area contributed by atoms with Gasteiger partial charge in [-0.05, 0) is 186 Å². The molecule has 1 atom stereocenters. The van der Waals surface area contributed by atoms with Crippen molar-refractivity contribution in [2.75, 3.05) is 33.2 Å². The first kappa shape index (κ1) is 67.2. The topological polar surface area (TPSA) is 170 Å². The molecule has 0 spiro atoms. The number of likely N-dealkylation sites (tertiary alicyclic amines) is 1. The highest BCUT2D eigenvalue weighted by Crippen LogP contribution is 2.40. The summed E-state index contributed by atoms with van der Waals surface area (Å²) < 4.78 is 18.3. The number of rotatable bonds is 14. The third-order valence-electron chi connectivity index (χ3n) is 15.8. The van der Waals surface area contributed by atoms with Crippen LogP contribution in [0.2, 0.25) is 30.1 Å². The van der Waals surface area contributed by atoms with Crippen LogP contribution in [0.25, 0.3) is 50.5 Å². The molecule has 24 heteroatoms. The summed E-state index contributed by atoms with van der Waals surface area (Å²) in [7, 11) is 2.08. The van der Waals surface area contributed by atoms with Gasteiger partial charge < -0.3 is 14.2 Å². The molecule has 0 aliphatic carbocycles. The molecular formula is C67H67BrCl6N11O5S+. The van der Waals surface area contributed by atoms with Gasteiger partial charge in [0.1, 0.15) is 36.0 Å². The van der Waals surface area contributed by atoms with Crippen LogP contribution < -0.4 is 16.2 Å². The van der Waals surface area contributed by atoms with E-state index in [-0.39, 0.29) is 23.8 Å². The van der Waals surface area contributed by atoms with Gasteiger partial charge in [-0.3, -0.25) is 19.8 Å². The van der Waals surface area contributed by atoms with E-state index in [4.69, 9.17) is 83.5 Å². The molecule has 91 heavy (non-hydrogen) atoms. The second-order valence-electron chi connectivity index (χ2n) is 22.6. The number of amides is 3. The van der Waals surface area contributed by atoms with Gasteiger partial charge in [0.05, 0.1) is 59.6 Å². The smallest absolute Gasteiger partial charge is 0.316 e. The van der Waals surface area contributed by atoms with Crippen LogP contribution in [0.3, 0.4) is 0 Å². The molecule has 6 aromatic heterocycles. The molecular weight excluding hydrogens is 1360 g/mol. The van der Waals surface area contributed by atoms with Gasteiger partial charge in [0.25, 0.3) is 11.8 Å². The van der Waals surface area contributed by atoms with Crippen LogP contribution in [-0.4, -0.2) is 89.9 Å². The molecule has 3 amide bonds. The van der Waals surface area contributed by atoms with E-state index in [2.05, 4.69) is 49.3 Å². The highest BCUT2D eigenvalue weighted by molar-refractivity contribution is 9.11. The average molecular weight is 1430 g/mol. The van der Waals surface area contributed by atoms with Crippen molar-refractivity contribution < 1.29 is 27.8 Å². The van der Waals surface area contributed by atoms with Crippen LogP contribution in [-0.2, 0) is 6.42 Å². The number of carbonyl (C=O) groups excluding carboxylic acids is 3. The summed E-state index contributed by atoms with van der Waals surface area (Å²) in [6.07, 6.45) is 7.45. The number of piperidine rings is 2. The van der Waals surface area contributed by atoms with Crippen molar-refractivity contribution in [2.45, 2.75) is 92.5 Å². The van der Waals surface area contributed by atoms with Gasteiger partial charge in [-0.15, -0.1) is 11.3 Å². The number of hydrogen-bond acceptors (Lipinski definition) is 10. The number of aryl methyl sites for hydroxylation is 2. The lowest BCUT2D eigenvalue weighted by Gasteiger charge is -2.36. The summed E-state index contributed by atoms with van der Waals surface area (Å²) in [5, 5.41) is 21.9. The van der Waals surface area contributed by atoms with Crippen molar-refractivity contribution >= 4 is 115 Å². The number of furan rings is 2. The number of thiophene rings is 1. The van der Waals surface area contributed by atoms with Gasteiger partial charge in [-0.2, -0.15) is 20.7 Å². The van der Waals surface area contributed by atoms with Gasteiger partial charge >= 0.3 is 5.91 Å². The van der Waals surface area contributed by atoms with Crippen molar-refractivity contribution in [2.24, 2.45) is 0 Å². The number of hydrazine groups is 1. The fourth-order valence-corrected chi connectivity index (χ4v) is 14.1. The number of nitrogens with zero attached hydrogens (tertiary/aromatic N) is 8. The molecule has 0 bridgehead atoms. The number of nitrogens with one attached hydrogen (secondary N) is 3. The number of quaternary nitrogens is 1. The lowest BCUT2D eigenvalue weighted by atomic mass is 10.1. The van der Waals surface area contributed by atoms with Crippen molar-refractivity contribution in [1.29, 1.82) is 0 Å². The number of benzene rings is 4. The summed E-state index contributed by atoms with van der Waals surface area (Å²) in [5.41, 5.74) is 14.8. The Balaban J connectivity index is 0.000000150. The summed E-state index contributed by atoms with van der Waals surface area (Å²) in [4.78, 5) is 40.6. The second kappa shape index (κ2) is 29.5. The van der Waals surface area contributed by atoms with Gasteiger partial charge in [-0.1, -0.05) is 113 Å². The first-order chi connectivity index (χ1) is 43.6. The van der Waals surface area contributed by atoms with E-state index in [9.17, 15) is 14.4 Å². The van der Waals surface area contributed by atoms with Crippen molar-refractivity contribution in [3.63, 3.8) is 0 Å². The Bertz CT molecular complexity index is 4270. The monoisotopic (exact) mass is 1430 g/mol. The van der Waals surface area contributed by atoms with Gasteiger partial charge in [0.15, 0.2) is 28.6 Å². The molecule has 0 radical (unpaired) electrons. The normalized spacial score (nSPS) is 14.2. The highest BCUT2D eigenvalue weighted by atomic mass is 79.9. The van der Waals surface area contributed by atoms with Crippen molar-refractivity contribution in [1.82, 2.24) is 50.5 Å². The Labute approximate surface area is 571 Å². The molecule has 2 saturated heterocycles. The number of halogens is 7. The van der Waals surface area contributed by atoms with E-state index >= 15 is 0 Å². The zero-order valence-electron chi connectivity index (χ0n) is 51.1. The Morgan fingerprint density at radius 3 is 1.51 bits per heavy atom. The molecule has 0 unspecified atom stereocenters. The largest absolute Gasteiger partial charge is 0.460 e. The minimum atomic E-state index is -0.276. The highest BCUT2D eigenvalue weighted by Gasteiger charge is 2.33. The summed E-state index contributed by atoms with van der Waals surface area (Å²) in [6.45, 7) is 15.0. The molecule has 2 fully saturated rings. The summed E-state index contributed by atoms with van der Waals surface area (Å²) in [5.74, 6) is 2.09. The molecule has 4 aromatic carbocycles. The van der Waals surface area contributed by atoms with Crippen LogP contribution in [0, 0.1) is 27.7 Å². The summed E-state index contributed by atoms with van der Waals surface area (Å²) in [6, 6.07) is 36.7. The van der Waals surface area contributed by atoms with E-state index in [1.54, 1.807) is 73.9 Å². The second-order valence-corrected chi connectivity index (χ2v) is 27.6. The van der Waals surface area contributed by atoms with Crippen LogP contribution in [0.5, 0.6) is 0 Å². The van der Waals surface area contributed by atoms with E-state index in [1.165, 1.54) is 12.8 Å². The van der Waals surface area contributed by atoms with Crippen molar-refractivity contribution in [3.05, 3.63) is 206 Å². The van der Waals surface area contributed by atoms with Gasteiger partial charge in [0.2, 0.25) is 0 Å². The molecule has 2 aliphatic heterocycles. The minimum absolute atomic E-state index is 0.151. The summed E-state index contributed by atoms with van der Waals surface area (Å²) >= 11 is 42.8. The van der Waals surface area contributed by atoms with Crippen LogP contribution in [0.1, 0.15) is 124 Å². The van der Waals surface area contributed by atoms with E-state index in [0.29, 0.717) is 104 Å². The predicted octanol–water partition coefficient (Wildman–Crippen LogP) is 18.2. The van der Waals surface area contributed by atoms with Gasteiger partial charge in [-0.25, -0.2) is 23.6 Å². The fraction of sp³-hybridized carbons (Fsp3) is 0.284. The first-order valence-corrected chi connectivity index (χ1v) is 33.6. The average Bonchev–Trinajstić information content (AvgIpc) is 1.65. The molecule has 10 aromatic rings. The quantitative estimate of drug-likeness (QED) is 0.0897. The predicted molar refractivity (Wildman–Crippen MR) is 368 cm³/mol. The third kappa shape index (κ3) is 15.5. The number of aromatic nitrogens is 6. The fourth-order valence-electron chi connectivity index (χ4n) is 11.2. The SMILES string of the molecule is CCc1c(C(=O)N[N+]2(C)CCCCC2)nn(-c2ccc(Cl)cc2Cl)c1-c1ccc(Br)s1.Cc1ccc(-c2c(C)c(C(=O)NN3CCCCC3)nn2-c2ccc(Cl)cc2Cl)o1.Cc1ccc(-c2c(C)c(C(=O)N[C@@H](C)c3ccccc3)nn2-c2ccc(Cl)cc2Cl)o1. The maximum absolute atomic E-state index is 13.4. The lowest BCUT2D eigenvalue weighted by molar-refractivity contribution is -0.947. The molecule has 474 valence electrons. The number of hydrogen-bond donors (Lipinski definition) is 3. The minimum Gasteiger partial charge on any atom is -0.460 e. The van der Waals surface area contributed by atoms with Crippen molar-refractivity contribution in [3.8, 4) is 50.5 Å². The van der Waals surface area contributed by atoms with Gasteiger partial charge in [0, 0.05) is 44.8 Å². The zero-order chi connectivity index (χ0) is 64.8. The van der Waals surface area contributed by atoms with Crippen LogP contribution in [0.15, 0.2) is 134 Å². The zero-order valence-corrected chi connectivity index (χ0v) is 58.0.